The van der Waals surface area contributed by atoms with Crippen molar-refractivity contribution in [2.75, 3.05) is 11.4 Å². The summed E-state index contributed by atoms with van der Waals surface area (Å²) < 4.78 is 1.78. The molecule has 0 bridgehead atoms. The molecule has 0 saturated carbocycles. The van der Waals surface area contributed by atoms with Crippen LogP contribution in [0.4, 0.5) is 10.5 Å². The van der Waals surface area contributed by atoms with Crippen molar-refractivity contribution < 1.29 is 9.59 Å². The van der Waals surface area contributed by atoms with E-state index in [0.717, 1.165) is 41.9 Å². The molecule has 1 aliphatic heterocycles. The van der Waals surface area contributed by atoms with Gasteiger partial charge in [-0.3, -0.25) is 4.79 Å². The summed E-state index contributed by atoms with van der Waals surface area (Å²) in [5.41, 5.74) is 3.85. The van der Waals surface area contributed by atoms with E-state index in [-0.39, 0.29) is 11.9 Å². The summed E-state index contributed by atoms with van der Waals surface area (Å²) in [6.07, 6.45) is 6.25. The maximum atomic E-state index is 12.2. The van der Waals surface area contributed by atoms with Crippen LogP contribution in [0.3, 0.4) is 0 Å². The summed E-state index contributed by atoms with van der Waals surface area (Å²) in [4.78, 5) is 26.0. The van der Waals surface area contributed by atoms with E-state index in [1.165, 1.54) is 0 Å². The predicted octanol–water partition coefficient (Wildman–Crippen LogP) is 3.39. The van der Waals surface area contributed by atoms with Crippen molar-refractivity contribution in [1.29, 1.82) is 0 Å². The second kappa shape index (κ2) is 9.26. The first-order chi connectivity index (χ1) is 14.7. The molecule has 0 spiro atoms. The second-order valence-electron chi connectivity index (χ2n) is 7.33. The molecule has 0 atom stereocenters. The number of urea groups is 1. The van der Waals surface area contributed by atoms with Crippen LogP contribution in [0.1, 0.15) is 30.4 Å². The number of amides is 3. The molecule has 4 rings (SSSR count). The molecule has 0 aliphatic carbocycles. The molecule has 3 aromatic rings. The Balaban J connectivity index is 1.26. The summed E-state index contributed by atoms with van der Waals surface area (Å²) in [5, 5.41) is 9.97. The minimum Gasteiger partial charge on any atom is -0.334 e. The van der Waals surface area contributed by atoms with E-state index in [1.807, 2.05) is 65.7 Å². The highest BCUT2D eigenvalue weighted by atomic mass is 16.2. The van der Waals surface area contributed by atoms with Gasteiger partial charge in [0.1, 0.15) is 0 Å². The Kier molecular flexibility index (Phi) is 6.08. The zero-order chi connectivity index (χ0) is 20.8. The third-order valence-electron chi connectivity index (χ3n) is 5.16. The van der Waals surface area contributed by atoms with E-state index in [0.29, 0.717) is 19.5 Å². The van der Waals surface area contributed by atoms with Gasteiger partial charge in [-0.1, -0.05) is 24.3 Å². The normalized spacial score (nSPS) is 13.9. The molecule has 154 valence electrons. The van der Waals surface area contributed by atoms with Crippen LogP contribution in [0, 0.1) is 0 Å². The first-order valence-electron chi connectivity index (χ1n) is 10.2. The maximum absolute atomic E-state index is 12.2. The number of anilines is 1. The number of rotatable bonds is 6. The van der Waals surface area contributed by atoms with E-state index in [4.69, 9.17) is 0 Å². The molecule has 7 heteroatoms. The molecule has 30 heavy (non-hydrogen) atoms. The van der Waals surface area contributed by atoms with Crippen molar-refractivity contribution >= 4 is 17.6 Å². The first kappa shape index (κ1) is 19.7. The fourth-order valence-electron chi connectivity index (χ4n) is 3.53. The van der Waals surface area contributed by atoms with Gasteiger partial charge in [-0.15, -0.1) is 0 Å². The molecule has 1 aliphatic rings. The van der Waals surface area contributed by atoms with Gasteiger partial charge in [0.25, 0.3) is 0 Å². The van der Waals surface area contributed by atoms with E-state index in [1.54, 1.807) is 10.9 Å². The minimum atomic E-state index is -0.227. The lowest BCUT2D eigenvalue weighted by molar-refractivity contribution is -0.119. The molecule has 2 N–H and O–H groups in total. The Morgan fingerprint density at radius 3 is 2.47 bits per heavy atom. The standard InChI is InChI=1S/C23H25N5O2/c29-22-7-1-2-13-27(22)20-10-8-18(9-11-20)16-24-23(30)25-17-19-5-3-6-21(15-19)28-14-4-12-26-28/h3-6,8-12,14-15H,1-2,7,13,16-17H2,(H2,24,25,30). The monoisotopic (exact) mass is 403 g/mol. The van der Waals surface area contributed by atoms with Gasteiger partial charge in [0.05, 0.1) is 5.69 Å². The largest absolute Gasteiger partial charge is 0.334 e. The van der Waals surface area contributed by atoms with Crippen molar-refractivity contribution in [1.82, 2.24) is 20.4 Å². The first-order valence-corrected chi connectivity index (χ1v) is 10.2. The fourth-order valence-corrected chi connectivity index (χ4v) is 3.53. The SMILES string of the molecule is O=C(NCc1ccc(N2CCCCC2=O)cc1)NCc1cccc(-n2cccn2)c1. The van der Waals surface area contributed by atoms with Crippen molar-refractivity contribution in [3.05, 3.63) is 78.1 Å². The molecular weight excluding hydrogens is 378 g/mol. The second-order valence-corrected chi connectivity index (χ2v) is 7.33. The zero-order valence-electron chi connectivity index (χ0n) is 16.8. The lowest BCUT2D eigenvalue weighted by atomic mass is 10.1. The van der Waals surface area contributed by atoms with Crippen LogP contribution in [-0.4, -0.2) is 28.3 Å². The van der Waals surface area contributed by atoms with Crippen LogP contribution in [0.5, 0.6) is 0 Å². The summed E-state index contributed by atoms with van der Waals surface area (Å²) in [6.45, 7) is 1.63. The van der Waals surface area contributed by atoms with E-state index in [9.17, 15) is 9.59 Å². The highest BCUT2D eigenvalue weighted by molar-refractivity contribution is 5.93. The quantitative estimate of drug-likeness (QED) is 0.662. The third-order valence-corrected chi connectivity index (χ3v) is 5.16. The third kappa shape index (κ3) is 4.86. The van der Waals surface area contributed by atoms with Crippen molar-refractivity contribution in [3.63, 3.8) is 0 Å². The summed E-state index contributed by atoms with van der Waals surface area (Å²) in [7, 11) is 0. The number of hydrogen-bond acceptors (Lipinski definition) is 3. The molecule has 2 heterocycles. The summed E-state index contributed by atoms with van der Waals surface area (Å²) in [5.74, 6) is 0.183. The smallest absolute Gasteiger partial charge is 0.315 e. The van der Waals surface area contributed by atoms with Crippen LogP contribution >= 0.6 is 0 Å². The number of hydrogen-bond donors (Lipinski definition) is 2. The highest BCUT2D eigenvalue weighted by Gasteiger charge is 2.19. The maximum Gasteiger partial charge on any atom is 0.315 e. The number of carbonyl (C=O) groups is 2. The fraction of sp³-hybridized carbons (Fsp3) is 0.261. The molecule has 0 radical (unpaired) electrons. The summed E-state index contributed by atoms with van der Waals surface area (Å²) in [6, 6.07) is 17.3. The Morgan fingerprint density at radius 2 is 1.73 bits per heavy atom. The lowest BCUT2D eigenvalue weighted by Gasteiger charge is -2.26. The van der Waals surface area contributed by atoms with E-state index < -0.39 is 0 Å². The summed E-state index contributed by atoms with van der Waals surface area (Å²) >= 11 is 0. The predicted molar refractivity (Wildman–Crippen MR) is 115 cm³/mol. The van der Waals surface area contributed by atoms with Gasteiger partial charge < -0.3 is 15.5 Å². The number of benzene rings is 2. The zero-order valence-corrected chi connectivity index (χ0v) is 16.8. The van der Waals surface area contributed by atoms with Gasteiger partial charge in [0, 0.05) is 44.1 Å². The van der Waals surface area contributed by atoms with Crippen LogP contribution in [0.15, 0.2) is 67.0 Å². The average Bonchev–Trinajstić information content (AvgIpc) is 3.32. The molecular formula is C23H25N5O2. The van der Waals surface area contributed by atoms with Gasteiger partial charge in [0.2, 0.25) is 5.91 Å². The molecule has 7 nitrogen and oxygen atoms in total. The number of carbonyl (C=O) groups excluding carboxylic acids is 2. The highest BCUT2D eigenvalue weighted by Crippen LogP contribution is 2.21. The van der Waals surface area contributed by atoms with Crippen LogP contribution in [0.25, 0.3) is 5.69 Å². The van der Waals surface area contributed by atoms with Crippen LogP contribution in [-0.2, 0) is 17.9 Å². The lowest BCUT2D eigenvalue weighted by Crippen LogP contribution is -2.35. The van der Waals surface area contributed by atoms with Gasteiger partial charge in [-0.05, 0) is 54.3 Å². The molecule has 2 aromatic carbocycles. The van der Waals surface area contributed by atoms with E-state index >= 15 is 0 Å². The molecule has 0 unspecified atom stereocenters. The topological polar surface area (TPSA) is 79.3 Å². The number of nitrogens with one attached hydrogen (secondary N) is 2. The van der Waals surface area contributed by atoms with Gasteiger partial charge in [0.15, 0.2) is 0 Å². The Hall–Kier alpha value is -3.61. The minimum absolute atomic E-state index is 0.183. The molecule has 3 amide bonds. The van der Waals surface area contributed by atoms with Gasteiger partial charge in [-0.2, -0.15) is 5.10 Å². The van der Waals surface area contributed by atoms with Gasteiger partial charge in [-0.25, -0.2) is 9.48 Å². The Labute approximate surface area is 175 Å². The van der Waals surface area contributed by atoms with Crippen molar-refractivity contribution in [2.45, 2.75) is 32.4 Å². The van der Waals surface area contributed by atoms with Crippen LogP contribution < -0.4 is 15.5 Å². The van der Waals surface area contributed by atoms with Crippen molar-refractivity contribution in [2.24, 2.45) is 0 Å². The number of piperidine rings is 1. The molecule has 1 saturated heterocycles. The molecule has 1 fully saturated rings. The van der Waals surface area contributed by atoms with Crippen molar-refractivity contribution in [3.8, 4) is 5.69 Å². The van der Waals surface area contributed by atoms with E-state index in [2.05, 4.69) is 15.7 Å². The number of nitrogens with zero attached hydrogens (tertiary/aromatic N) is 3. The Morgan fingerprint density at radius 1 is 0.933 bits per heavy atom. The van der Waals surface area contributed by atoms with Crippen LogP contribution in [0.2, 0.25) is 0 Å². The molecule has 1 aromatic heterocycles. The Bertz CT molecular complexity index is 999. The average molecular weight is 403 g/mol. The van der Waals surface area contributed by atoms with Gasteiger partial charge >= 0.3 is 6.03 Å². The number of aromatic nitrogens is 2.